The number of carboxylic acids is 1. The molecule has 31 heavy (non-hydrogen) atoms. The molecule has 0 aliphatic heterocycles. The molecular weight excluding hydrogens is 392 g/mol. The van der Waals surface area contributed by atoms with Gasteiger partial charge in [-0.05, 0) is 110 Å². The second kappa shape index (κ2) is 8.61. The number of aliphatic carboxylic acids is 1. The van der Waals surface area contributed by atoms with Crippen LogP contribution in [0.4, 0.5) is 0 Å². The third kappa shape index (κ3) is 3.77. The quantitative estimate of drug-likeness (QED) is 0.503. The van der Waals surface area contributed by atoms with Crippen LogP contribution in [0.2, 0.25) is 0 Å². The van der Waals surface area contributed by atoms with Crippen LogP contribution in [0.15, 0.2) is 0 Å². The molecule has 5 heteroatoms. The van der Waals surface area contributed by atoms with E-state index in [1.807, 2.05) is 0 Å². The molecule has 11 atom stereocenters. The van der Waals surface area contributed by atoms with E-state index in [-0.39, 0.29) is 47.7 Å². The zero-order valence-electron chi connectivity index (χ0n) is 19.7. The average molecular weight is 437 g/mol. The molecule has 0 heterocycles. The number of carbonyl (C=O) groups is 1. The highest BCUT2D eigenvalue weighted by Crippen LogP contribution is 2.69. The van der Waals surface area contributed by atoms with Crippen molar-refractivity contribution in [2.75, 3.05) is 6.61 Å². The van der Waals surface area contributed by atoms with Crippen molar-refractivity contribution in [1.29, 1.82) is 0 Å². The molecule has 0 spiro atoms. The molecule has 5 unspecified atom stereocenters. The predicted molar refractivity (Wildman–Crippen MR) is 119 cm³/mol. The van der Waals surface area contributed by atoms with E-state index in [0.717, 1.165) is 44.9 Å². The van der Waals surface area contributed by atoms with Gasteiger partial charge in [-0.3, -0.25) is 4.79 Å². The largest absolute Gasteiger partial charge is 0.481 e. The van der Waals surface area contributed by atoms with E-state index in [2.05, 4.69) is 20.8 Å². The molecule has 4 fully saturated rings. The Kier molecular flexibility index (Phi) is 6.53. The van der Waals surface area contributed by atoms with Crippen molar-refractivity contribution in [2.24, 2.45) is 52.3 Å². The van der Waals surface area contributed by atoms with E-state index in [1.54, 1.807) is 0 Å². The third-order valence-corrected chi connectivity index (χ3v) is 11.0. The van der Waals surface area contributed by atoms with Gasteiger partial charge < -0.3 is 20.4 Å². The lowest BCUT2D eigenvalue weighted by molar-refractivity contribution is -0.205. The Morgan fingerprint density at radius 3 is 2.35 bits per heavy atom. The van der Waals surface area contributed by atoms with E-state index in [1.165, 1.54) is 6.42 Å². The van der Waals surface area contributed by atoms with Gasteiger partial charge >= 0.3 is 5.97 Å². The summed E-state index contributed by atoms with van der Waals surface area (Å²) < 4.78 is 0. The first-order valence-electron chi connectivity index (χ1n) is 12.8. The van der Waals surface area contributed by atoms with Crippen LogP contribution in [-0.4, -0.2) is 45.2 Å². The highest BCUT2D eigenvalue weighted by Gasteiger charge is 2.64. The van der Waals surface area contributed by atoms with Gasteiger partial charge in [-0.1, -0.05) is 20.8 Å². The number of carboxylic acid groups (broad SMARTS) is 1. The van der Waals surface area contributed by atoms with Crippen molar-refractivity contribution in [3.8, 4) is 0 Å². The maximum Gasteiger partial charge on any atom is 0.303 e. The molecular formula is C26H44O5. The van der Waals surface area contributed by atoms with Crippen molar-refractivity contribution >= 4 is 5.97 Å². The highest BCUT2D eigenvalue weighted by molar-refractivity contribution is 5.66. The Morgan fingerprint density at radius 1 is 1.00 bits per heavy atom. The lowest BCUT2D eigenvalue weighted by atomic mass is 9.41. The van der Waals surface area contributed by atoms with E-state index in [0.29, 0.717) is 30.1 Å². The number of aliphatic hydroxyl groups is 3. The molecule has 178 valence electrons. The van der Waals surface area contributed by atoms with Crippen LogP contribution < -0.4 is 0 Å². The number of aliphatic hydroxyl groups excluding tert-OH is 3. The van der Waals surface area contributed by atoms with Gasteiger partial charge in [0.15, 0.2) is 0 Å². The van der Waals surface area contributed by atoms with Crippen LogP contribution in [0.3, 0.4) is 0 Å². The second-order valence-corrected chi connectivity index (χ2v) is 12.1. The average Bonchev–Trinajstić information content (AvgIpc) is 3.07. The van der Waals surface area contributed by atoms with Gasteiger partial charge in [0.25, 0.3) is 0 Å². The number of hydrogen-bond donors (Lipinski definition) is 4. The van der Waals surface area contributed by atoms with Gasteiger partial charge in [0.2, 0.25) is 0 Å². The number of hydrogen-bond acceptors (Lipinski definition) is 4. The normalized spacial score (nSPS) is 50.3. The molecule has 4 rings (SSSR count). The summed E-state index contributed by atoms with van der Waals surface area (Å²) in [5.41, 5.74) is 0.304. The van der Waals surface area contributed by atoms with Crippen molar-refractivity contribution in [2.45, 2.75) is 97.2 Å². The molecule has 0 radical (unpaired) electrons. The molecule has 4 N–H and O–H groups in total. The minimum atomic E-state index is -0.705. The Hall–Kier alpha value is -0.650. The molecule has 0 saturated heterocycles. The van der Waals surface area contributed by atoms with Crippen molar-refractivity contribution in [3.63, 3.8) is 0 Å². The van der Waals surface area contributed by atoms with E-state index < -0.39 is 12.1 Å². The first kappa shape index (κ1) is 23.5. The first-order valence-corrected chi connectivity index (χ1v) is 12.8. The third-order valence-electron chi connectivity index (χ3n) is 11.0. The zero-order valence-corrected chi connectivity index (χ0v) is 19.7. The molecule has 4 saturated carbocycles. The minimum Gasteiger partial charge on any atom is -0.481 e. The summed E-state index contributed by atoms with van der Waals surface area (Å²) in [4.78, 5) is 11.1. The van der Waals surface area contributed by atoms with Crippen LogP contribution in [0.25, 0.3) is 0 Å². The number of rotatable bonds is 6. The molecule has 4 aliphatic rings. The molecule has 5 nitrogen and oxygen atoms in total. The Morgan fingerprint density at radius 2 is 1.68 bits per heavy atom. The SMILES string of the molecule is C[C@H](CCC(=O)O)C1CCC2C3C(CC[C@@]21C)[C@@]1(C)CC[C@@H](O)CC1[C@@H](CCO)[C@H]3O. The maximum absolute atomic E-state index is 11.7. The predicted octanol–water partition coefficient (Wildman–Crippen LogP) is 4.09. The van der Waals surface area contributed by atoms with Gasteiger partial charge in [0.05, 0.1) is 12.2 Å². The van der Waals surface area contributed by atoms with Crippen LogP contribution in [0.5, 0.6) is 0 Å². The van der Waals surface area contributed by atoms with Gasteiger partial charge in [-0.2, -0.15) is 0 Å². The van der Waals surface area contributed by atoms with Gasteiger partial charge in [0.1, 0.15) is 0 Å². The van der Waals surface area contributed by atoms with Crippen LogP contribution in [0, 0.1) is 52.3 Å². The molecule has 0 amide bonds. The first-order chi connectivity index (χ1) is 14.6. The summed E-state index contributed by atoms with van der Waals surface area (Å²) in [7, 11) is 0. The molecule has 0 bridgehead atoms. The van der Waals surface area contributed by atoms with Crippen LogP contribution in [0.1, 0.15) is 85.0 Å². The minimum absolute atomic E-state index is 0.0667. The van der Waals surface area contributed by atoms with Gasteiger partial charge in [-0.25, -0.2) is 0 Å². The fourth-order valence-electron chi connectivity index (χ4n) is 9.48. The summed E-state index contributed by atoms with van der Waals surface area (Å²) in [5, 5.41) is 41.1. The van der Waals surface area contributed by atoms with Gasteiger partial charge in [0, 0.05) is 13.0 Å². The summed E-state index contributed by atoms with van der Waals surface area (Å²) >= 11 is 0. The van der Waals surface area contributed by atoms with Crippen molar-refractivity contribution in [3.05, 3.63) is 0 Å². The standard InChI is InChI=1S/C26H44O5/c1-15(4-7-22(29)30)18-5-6-19-23-20(9-12-25(18,19)2)26(3)11-8-16(28)14-21(26)17(10-13-27)24(23)31/h15-21,23-24,27-28,31H,4-14H2,1-3H3,(H,29,30)/t15-,16-,17-,18?,19?,20?,21?,23?,24-,25-,26-/m1/s1. The van der Waals surface area contributed by atoms with Crippen molar-refractivity contribution < 1.29 is 25.2 Å². The van der Waals surface area contributed by atoms with Crippen LogP contribution in [-0.2, 0) is 4.79 Å². The summed E-state index contributed by atoms with van der Waals surface area (Å²) in [5.74, 6) is 1.80. The smallest absolute Gasteiger partial charge is 0.303 e. The molecule has 0 aromatic heterocycles. The van der Waals surface area contributed by atoms with E-state index in [9.17, 15) is 20.1 Å². The maximum atomic E-state index is 11.7. The summed E-state index contributed by atoms with van der Waals surface area (Å²) in [6, 6.07) is 0. The summed E-state index contributed by atoms with van der Waals surface area (Å²) in [6.45, 7) is 7.18. The fraction of sp³-hybridized carbons (Fsp3) is 0.962. The Labute approximate surface area is 187 Å². The molecule has 0 aromatic carbocycles. The summed E-state index contributed by atoms with van der Waals surface area (Å²) in [6.07, 6.45) is 8.14. The monoisotopic (exact) mass is 436 g/mol. The van der Waals surface area contributed by atoms with E-state index in [4.69, 9.17) is 5.11 Å². The van der Waals surface area contributed by atoms with E-state index >= 15 is 0 Å². The highest BCUT2D eigenvalue weighted by atomic mass is 16.4. The zero-order chi connectivity index (χ0) is 22.6. The lowest BCUT2D eigenvalue weighted by Crippen LogP contribution is -2.62. The molecule has 0 aromatic rings. The Balaban J connectivity index is 1.62. The van der Waals surface area contributed by atoms with Crippen molar-refractivity contribution in [1.82, 2.24) is 0 Å². The van der Waals surface area contributed by atoms with Gasteiger partial charge in [-0.15, -0.1) is 0 Å². The van der Waals surface area contributed by atoms with Crippen LogP contribution >= 0.6 is 0 Å². The topological polar surface area (TPSA) is 98.0 Å². The number of fused-ring (bicyclic) bond motifs is 5. The fourth-order valence-corrected chi connectivity index (χ4v) is 9.48. The molecule has 4 aliphatic carbocycles. The Bertz CT molecular complexity index is 666. The second-order valence-electron chi connectivity index (χ2n) is 12.1. The lowest BCUT2D eigenvalue weighted by Gasteiger charge is -2.64.